The number of ether oxygens (including phenoxy) is 1. The van der Waals surface area contributed by atoms with E-state index in [2.05, 4.69) is 55.7 Å². The number of aliphatic hydroxyl groups is 1. The molecule has 1 saturated heterocycles. The molecule has 156 valence electrons. The van der Waals surface area contributed by atoms with Crippen molar-refractivity contribution in [2.75, 3.05) is 43.2 Å². The van der Waals surface area contributed by atoms with Crippen molar-refractivity contribution in [2.24, 2.45) is 5.92 Å². The number of methoxy groups -OCH3 is 1. The van der Waals surface area contributed by atoms with Crippen LogP contribution in [0.1, 0.15) is 48.1 Å². The summed E-state index contributed by atoms with van der Waals surface area (Å²) in [7, 11) is 1.72. The third-order valence-corrected chi connectivity index (χ3v) is 6.53. The molecular weight excluding hydrogens is 362 g/mol. The van der Waals surface area contributed by atoms with Gasteiger partial charge in [-0.3, -0.25) is 0 Å². The zero-order valence-corrected chi connectivity index (χ0v) is 18.3. The van der Waals surface area contributed by atoms with Crippen molar-refractivity contribution in [3.8, 4) is 5.75 Å². The maximum Gasteiger partial charge on any atom is 0.138 e. The van der Waals surface area contributed by atoms with Crippen molar-refractivity contribution in [3.63, 3.8) is 0 Å². The third kappa shape index (κ3) is 3.57. The van der Waals surface area contributed by atoms with Crippen molar-refractivity contribution in [3.05, 3.63) is 40.6 Å². The molecule has 29 heavy (non-hydrogen) atoms. The summed E-state index contributed by atoms with van der Waals surface area (Å²) in [6, 6.07) is 6.48. The van der Waals surface area contributed by atoms with Gasteiger partial charge in [0.05, 0.1) is 7.11 Å². The summed E-state index contributed by atoms with van der Waals surface area (Å²) in [4.78, 5) is 9.91. The summed E-state index contributed by atoms with van der Waals surface area (Å²) in [5.74, 6) is 2.87. The van der Waals surface area contributed by atoms with Crippen molar-refractivity contribution in [1.82, 2.24) is 4.98 Å². The Morgan fingerprint density at radius 3 is 2.34 bits per heavy atom. The quantitative estimate of drug-likeness (QED) is 0.827. The van der Waals surface area contributed by atoms with E-state index in [1.807, 2.05) is 0 Å². The Kier molecular flexibility index (Phi) is 5.43. The molecule has 4 rings (SSSR count). The lowest BCUT2D eigenvalue weighted by molar-refractivity contribution is 0.203. The van der Waals surface area contributed by atoms with E-state index >= 15 is 0 Å². The molecule has 0 radical (unpaired) electrons. The van der Waals surface area contributed by atoms with Crippen LogP contribution in [0.3, 0.4) is 0 Å². The Morgan fingerprint density at radius 2 is 1.76 bits per heavy atom. The maximum atomic E-state index is 9.49. The molecule has 1 unspecified atom stereocenters. The average molecular weight is 396 g/mol. The van der Waals surface area contributed by atoms with Crippen LogP contribution in [0.5, 0.6) is 5.75 Å². The van der Waals surface area contributed by atoms with Gasteiger partial charge in [0.25, 0.3) is 0 Å². The lowest BCUT2D eigenvalue weighted by Gasteiger charge is -2.34. The van der Waals surface area contributed by atoms with Crippen LogP contribution in [0.2, 0.25) is 0 Å². The topological polar surface area (TPSA) is 48.8 Å². The number of piperidine rings is 1. The molecular formula is C24H33N3O2. The second-order valence-electron chi connectivity index (χ2n) is 8.75. The van der Waals surface area contributed by atoms with Gasteiger partial charge in [-0.2, -0.15) is 0 Å². The standard InChI is InChI=1S/C24H33N3O2/c1-15-10-20(29-5)11-16(2)23(15)27-13-17(3)22-21(12-18(4)25-24(22)27)26-8-6-19(14-28)7-9-26/h10-12,17,19,28H,6-9,13-14H2,1-5H3. The van der Waals surface area contributed by atoms with E-state index < -0.39 is 0 Å². The number of aromatic nitrogens is 1. The molecule has 1 fully saturated rings. The fourth-order valence-corrected chi connectivity index (χ4v) is 5.05. The number of nitrogens with zero attached hydrogens (tertiary/aromatic N) is 3. The zero-order chi connectivity index (χ0) is 20.7. The van der Waals surface area contributed by atoms with Gasteiger partial charge in [0.1, 0.15) is 11.6 Å². The Labute approximate surface area is 174 Å². The monoisotopic (exact) mass is 395 g/mol. The number of hydrogen-bond acceptors (Lipinski definition) is 5. The number of anilines is 3. The Morgan fingerprint density at radius 1 is 1.10 bits per heavy atom. The second-order valence-corrected chi connectivity index (χ2v) is 8.75. The van der Waals surface area contributed by atoms with Gasteiger partial charge in [0, 0.05) is 54.8 Å². The summed E-state index contributed by atoms with van der Waals surface area (Å²) in [6.45, 7) is 12.0. The first-order valence-electron chi connectivity index (χ1n) is 10.7. The van der Waals surface area contributed by atoms with Crippen LogP contribution >= 0.6 is 0 Å². The average Bonchev–Trinajstić information content (AvgIpc) is 3.02. The zero-order valence-electron chi connectivity index (χ0n) is 18.3. The Balaban J connectivity index is 1.76. The van der Waals surface area contributed by atoms with E-state index in [4.69, 9.17) is 9.72 Å². The molecule has 5 heteroatoms. The minimum atomic E-state index is 0.307. The van der Waals surface area contributed by atoms with Crippen molar-refractivity contribution >= 4 is 17.2 Å². The van der Waals surface area contributed by atoms with Gasteiger partial charge in [-0.05, 0) is 68.9 Å². The molecule has 1 aromatic carbocycles. The summed E-state index contributed by atoms with van der Waals surface area (Å²) >= 11 is 0. The van der Waals surface area contributed by atoms with Gasteiger partial charge in [0.15, 0.2) is 0 Å². The summed E-state index contributed by atoms with van der Waals surface area (Å²) in [5, 5.41) is 9.49. The van der Waals surface area contributed by atoms with Gasteiger partial charge >= 0.3 is 0 Å². The lowest BCUT2D eigenvalue weighted by Crippen LogP contribution is -2.35. The number of rotatable bonds is 4. The number of fused-ring (bicyclic) bond motifs is 1. The minimum absolute atomic E-state index is 0.307. The molecule has 1 atom stereocenters. The van der Waals surface area contributed by atoms with Crippen LogP contribution in [0.4, 0.5) is 17.2 Å². The van der Waals surface area contributed by atoms with Gasteiger partial charge in [0.2, 0.25) is 0 Å². The fourth-order valence-electron chi connectivity index (χ4n) is 5.05. The number of aliphatic hydroxyl groups excluding tert-OH is 1. The third-order valence-electron chi connectivity index (χ3n) is 6.53. The largest absolute Gasteiger partial charge is 0.497 e. The van der Waals surface area contributed by atoms with Gasteiger partial charge in [-0.25, -0.2) is 4.98 Å². The first-order valence-corrected chi connectivity index (χ1v) is 10.7. The van der Waals surface area contributed by atoms with Crippen LogP contribution < -0.4 is 14.5 Å². The van der Waals surface area contributed by atoms with Crippen LogP contribution in [-0.2, 0) is 0 Å². The summed E-state index contributed by atoms with van der Waals surface area (Å²) in [6.07, 6.45) is 2.11. The molecule has 3 heterocycles. The molecule has 2 aliphatic heterocycles. The van der Waals surface area contributed by atoms with E-state index in [0.717, 1.165) is 49.7 Å². The van der Waals surface area contributed by atoms with Gasteiger partial charge < -0.3 is 19.6 Å². The molecule has 0 aliphatic carbocycles. The number of pyridine rings is 1. The van der Waals surface area contributed by atoms with Crippen LogP contribution in [0.15, 0.2) is 18.2 Å². The molecule has 0 spiro atoms. The fraction of sp³-hybridized carbons (Fsp3) is 0.542. The predicted molar refractivity (Wildman–Crippen MR) is 119 cm³/mol. The predicted octanol–water partition coefficient (Wildman–Crippen LogP) is 4.48. The van der Waals surface area contributed by atoms with Crippen LogP contribution in [-0.4, -0.2) is 43.4 Å². The molecule has 0 amide bonds. The van der Waals surface area contributed by atoms with E-state index in [9.17, 15) is 5.11 Å². The highest BCUT2D eigenvalue weighted by atomic mass is 16.5. The molecule has 1 aromatic heterocycles. The maximum absolute atomic E-state index is 9.49. The summed E-state index contributed by atoms with van der Waals surface area (Å²) < 4.78 is 5.46. The molecule has 0 bridgehead atoms. The Bertz CT molecular complexity index is 880. The minimum Gasteiger partial charge on any atom is -0.497 e. The highest BCUT2D eigenvalue weighted by molar-refractivity contribution is 5.78. The molecule has 2 aromatic rings. The van der Waals surface area contributed by atoms with E-state index in [0.29, 0.717) is 18.4 Å². The summed E-state index contributed by atoms with van der Waals surface area (Å²) in [5.41, 5.74) is 7.45. The highest BCUT2D eigenvalue weighted by Crippen LogP contribution is 2.47. The van der Waals surface area contributed by atoms with Crippen LogP contribution in [0.25, 0.3) is 0 Å². The molecule has 0 saturated carbocycles. The smallest absolute Gasteiger partial charge is 0.138 e. The molecule has 5 nitrogen and oxygen atoms in total. The molecule has 1 N–H and O–H groups in total. The first-order chi connectivity index (χ1) is 13.9. The first kappa shape index (κ1) is 20.0. The Hall–Kier alpha value is -2.27. The molecule has 2 aliphatic rings. The second kappa shape index (κ2) is 7.86. The number of hydrogen-bond donors (Lipinski definition) is 1. The van der Waals surface area contributed by atoms with E-state index in [1.165, 1.54) is 28.1 Å². The number of benzene rings is 1. The van der Waals surface area contributed by atoms with Crippen molar-refractivity contribution in [1.29, 1.82) is 0 Å². The normalized spacial score (nSPS) is 19.6. The lowest BCUT2D eigenvalue weighted by atomic mass is 9.95. The van der Waals surface area contributed by atoms with Crippen molar-refractivity contribution < 1.29 is 9.84 Å². The number of aryl methyl sites for hydroxylation is 3. The van der Waals surface area contributed by atoms with Crippen LogP contribution in [0, 0.1) is 26.7 Å². The van der Waals surface area contributed by atoms with E-state index in [-0.39, 0.29) is 0 Å². The highest BCUT2D eigenvalue weighted by Gasteiger charge is 2.34. The van der Waals surface area contributed by atoms with Gasteiger partial charge in [-0.15, -0.1) is 0 Å². The van der Waals surface area contributed by atoms with E-state index in [1.54, 1.807) is 7.11 Å². The SMILES string of the molecule is COc1cc(C)c(N2CC(C)c3c(N4CCC(CO)CC4)cc(C)nc32)c(C)c1. The van der Waals surface area contributed by atoms with Gasteiger partial charge in [-0.1, -0.05) is 6.92 Å². The van der Waals surface area contributed by atoms with Crippen molar-refractivity contribution in [2.45, 2.75) is 46.5 Å².